The van der Waals surface area contributed by atoms with E-state index in [1.807, 2.05) is 27.8 Å². The Bertz CT molecular complexity index is 539. The van der Waals surface area contributed by atoms with E-state index in [1.54, 1.807) is 4.68 Å². The van der Waals surface area contributed by atoms with Gasteiger partial charge in [-0.05, 0) is 20.8 Å². The molecule has 0 aliphatic heterocycles. The molecule has 0 bridgehead atoms. The Morgan fingerprint density at radius 1 is 1.17 bits per heavy atom. The van der Waals surface area contributed by atoms with Crippen LogP contribution in [0.3, 0.4) is 0 Å². The molecule has 0 saturated carbocycles. The van der Waals surface area contributed by atoms with Crippen LogP contribution in [0.5, 0.6) is 0 Å². The van der Waals surface area contributed by atoms with Crippen molar-refractivity contribution in [2.45, 2.75) is 33.9 Å². The summed E-state index contributed by atoms with van der Waals surface area (Å²) in [7, 11) is 1.84. The molecule has 5 nitrogen and oxygen atoms in total. The third kappa shape index (κ3) is 2.42. The smallest absolute Gasteiger partial charge is 0.138 e. The van der Waals surface area contributed by atoms with Crippen LogP contribution < -0.4 is 5.32 Å². The summed E-state index contributed by atoms with van der Waals surface area (Å²) in [6, 6.07) is 0. The molecule has 2 aromatic heterocycles. The van der Waals surface area contributed by atoms with E-state index in [1.165, 1.54) is 0 Å². The summed E-state index contributed by atoms with van der Waals surface area (Å²) in [6.07, 6.45) is 0. The van der Waals surface area contributed by atoms with Crippen LogP contribution in [-0.2, 0) is 20.1 Å². The lowest BCUT2D eigenvalue weighted by atomic mass is 10.2. The van der Waals surface area contributed by atoms with Gasteiger partial charge in [-0.1, -0.05) is 16.8 Å². The van der Waals surface area contributed by atoms with Gasteiger partial charge in [0.05, 0.1) is 11.4 Å². The fourth-order valence-electron chi connectivity index (χ4n) is 1.94. The SMILES string of the molecule is Cc1noc(C)c1CNCc1c(C)nn(C)c1Cl. The van der Waals surface area contributed by atoms with Gasteiger partial charge in [-0.15, -0.1) is 0 Å². The first kappa shape index (κ1) is 13.1. The highest BCUT2D eigenvalue weighted by Gasteiger charge is 2.12. The van der Waals surface area contributed by atoms with Crippen molar-refractivity contribution in [3.8, 4) is 0 Å². The summed E-state index contributed by atoms with van der Waals surface area (Å²) in [4.78, 5) is 0. The highest BCUT2D eigenvalue weighted by molar-refractivity contribution is 6.30. The van der Waals surface area contributed by atoms with E-state index in [9.17, 15) is 0 Å². The zero-order valence-corrected chi connectivity index (χ0v) is 11.8. The average molecular weight is 269 g/mol. The van der Waals surface area contributed by atoms with Crippen molar-refractivity contribution in [1.29, 1.82) is 0 Å². The van der Waals surface area contributed by atoms with Gasteiger partial charge >= 0.3 is 0 Å². The zero-order valence-electron chi connectivity index (χ0n) is 11.0. The van der Waals surface area contributed by atoms with Gasteiger partial charge in [-0.2, -0.15) is 5.10 Å². The normalized spacial score (nSPS) is 11.2. The van der Waals surface area contributed by atoms with Crippen LogP contribution in [-0.4, -0.2) is 14.9 Å². The number of rotatable bonds is 4. The first-order chi connectivity index (χ1) is 8.50. The Morgan fingerprint density at radius 2 is 1.83 bits per heavy atom. The quantitative estimate of drug-likeness (QED) is 0.924. The van der Waals surface area contributed by atoms with Crippen molar-refractivity contribution >= 4 is 11.6 Å². The second-order valence-corrected chi connectivity index (χ2v) is 4.74. The minimum Gasteiger partial charge on any atom is -0.361 e. The van der Waals surface area contributed by atoms with Crippen molar-refractivity contribution in [2.75, 3.05) is 0 Å². The van der Waals surface area contributed by atoms with E-state index in [0.29, 0.717) is 18.2 Å². The van der Waals surface area contributed by atoms with Crippen LogP contribution in [0.1, 0.15) is 28.3 Å². The first-order valence-electron chi connectivity index (χ1n) is 5.81. The summed E-state index contributed by atoms with van der Waals surface area (Å²) in [5.74, 6) is 0.856. The predicted molar refractivity (Wildman–Crippen MR) is 69.5 cm³/mol. The van der Waals surface area contributed by atoms with E-state index in [2.05, 4.69) is 15.6 Å². The summed E-state index contributed by atoms with van der Waals surface area (Å²) in [6.45, 7) is 7.21. The third-order valence-corrected chi connectivity index (χ3v) is 3.53. The Kier molecular flexibility index (Phi) is 3.73. The molecular weight excluding hydrogens is 252 g/mol. The molecule has 0 aliphatic rings. The highest BCUT2D eigenvalue weighted by Crippen LogP contribution is 2.18. The minimum absolute atomic E-state index is 0.679. The first-order valence-corrected chi connectivity index (χ1v) is 6.19. The zero-order chi connectivity index (χ0) is 13.3. The number of aromatic nitrogens is 3. The van der Waals surface area contributed by atoms with E-state index >= 15 is 0 Å². The molecule has 0 spiro atoms. The number of hydrogen-bond acceptors (Lipinski definition) is 4. The van der Waals surface area contributed by atoms with E-state index in [4.69, 9.17) is 16.1 Å². The molecule has 2 rings (SSSR count). The van der Waals surface area contributed by atoms with Gasteiger partial charge in [0.15, 0.2) is 0 Å². The highest BCUT2D eigenvalue weighted by atomic mass is 35.5. The lowest BCUT2D eigenvalue weighted by molar-refractivity contribution is 0.392. The largest absolute Gasteiger partial charge is 0.361 e. The van der Waals surface area contributed by atoms with E-state index in [0.717, 1.165) is 28.3 Å². The number of hydrogen-bond donors (Lipinski definition) is 1. The van der Waals surface area contributed by atoms with Crippen LogP contribution in [0, 0.1) is 20.8 Å². The van der Waals surface area contributed by atoms with Gasteiger partial charge in [0.2, 0.25) is 0 Å². The fraction of sp³-hybridized carbons (Fsp3) is 0.500. The number of nitrogens with zero attached hydrogens (tertiary/aromatic N) is 3. The Morgan fingerprint density at radius 3 is 2.33 bits per heavy atom. The third-order valence-electron chi connectivity index (χ3n) is 3.05. The van der Waals surface area contributed by atoms with E-state index in [-0.39, 0.29) is 0 Å². The maximum absolute atomic E-state index is 6.17. The maximum atomic E-state index is 6.17. The molecule has 2 aromatic rings. The van der Waals surface area contributed by atoms with Crippen molar-refractivity contribution in [3.05, 3.63) is 33.4 Å². The second kappa shape index (κ2) is 5.12. The van der Waals surface area contributed by atoms with E-state index < -0.39 is 0 Å². The van der Waals surface area contributed by atoms with Gasteiger partial charge in [0, 0.05) is 31.3 Å². The predicted octanol–water partition coefficient (Wildman–Crippen LogP) is 2.28. The molecule has 2 heterocycles. The topological polar surface area (TPSA) is 55.9 Å². The fourth-order valence-corrected chi connectivity index (χ4v) is 2.18. The van der Waals surface area contributed by atoms with Gasteiger partial charge in [0.1, 0.15) is 10.9 Å². The van der Waals surface area contributed by atoms with Gasteiger partial charge in [-0.25, -0.2) is 0 Å². The van der Waals surface area contributed by atoms with Crippen LogP contribution in [0.2, 0.25) is 5.15 Å². The van der Waals surface area contributed by atoms with Gasteiger partial charge < -0.3 is 9.84 Å². The van der Waals surface area contributed by atoms with Crippen molar-refractivity contribution < 1.29 is 4.52 Å². The summed E-state index contributed by atoms with van der Waals surface area (Å²) < 4.78 is 6.80. The van der Waals surface area contributed by atoms with Crippen LogP contribution in [0.15, 0.2) is 4.52 Å². The lowest BCUT2D eigenvalue weighted by Gasteiger charge is -2.04. The molecule has 0 amide bonds. The molecule has 0 aromatic carbocycles. The molecule has 0 aliphatic carbocycles. The van der Waals surface area contributed by atoms with Crippen molar-refractivity contribution in [1.82, 2.24) is 20.3 Å². The molecule has 1 N–H and O–H groups in total. The van der Waals surface area contributed by atoms with Crippen molar-refractivity contribution in [3.63, 3.8) is 0 Å². The number of aryl methyl sites for hydroxylation is 4. The summed E-state index contributed by atoms with van der Waals surface area (Å²) in [5.41, 5.74) is 4.02. The summed E-state index contributed by atoms with van der Waals surface area (Å²) >= 11 is 6.17. The van der Waals surface area contributed by atoms with Crippen molar-refractivity contribution in [2.24, 2.45) is 7.05 Å². The standard InChI is InChI=1S/C12H17ClN4O/c1-7-11(12(13)17(4)15-7)6-14-5-10-8(2)16-18-9(10)3/h14H,5-6H2,1-4H3. The minimum atomic E-state index is 0.679. The Hall–Kier alpha value is -1.33. The van der Waals surface area contributed by atoms with Gasteiger partial charge in [-0.3, -0.25) is 4.68 Å². The Balaban J connectivity index is 2.01. The number of nitrogens with one attached hydrogen (secondary N) is 1. The monoisotopic (exact) mass is 268 g/mol. The molecule has 0 saturated heterocycles. The molecule has 0 atom stereocenters. The van der Waals surface area contributed by atoms with Crippen LogP contribution >= 0.6 is 11.6 Å². The lowest BCUT2D eigenvalue weighted by Crippen LogP contribution is -2.14. The van der Waals surface area contributed by atoms with Crippen LogP contribution in [0.25, 0.3) is 0 Å². The van der Waals surface area contributed by atoms with Gasteiger partial charge in [0.25, 0.3) is 0 Å². The molecule has 0 fully saturated rings. The average Bonchev–Trinajstić information content (AvgIpc) is 2.75. The molecule has 0 radical (unpaired) electrons. The Labute approximate surface area is 111 Å². The molecule has 6 heteroatoms. The molecular formula is C12H17ClN4O. The second-order valence-electron chi connectivity index (χ2n) is 4.38. The summed E-state index contributed by atoms with van der Waals surface area (Å²) in [5, 5.41) is 12.2. The van der Waals surface area contributed by atoms with Crippen LogP contribution in [0.4, 0.5) is 0 Å². The molecule has 98 valence electrons. The maximum Gasteiger partial charge on any atom is 0.138 e. The number of halogens is 1. The molecule has 0 unspecified atom stereocenters. The molecule has 18 heavy (non-hydrogen) atoms.